The molecule has 120 valence electrons. The molecule has 2 N–H and O–H groups in total. The highest BCUT2D eigenvalue weighted by Gasteiger charge is 2.15. The zero-order valence-electron chi connectivity index (χ0n) is 13.5. The third kappa shape index (κ3) is 5.13. The first-order valence-electron chi connectivity index (χ1n) is 7.63. The fourth-order valence-electron chi connectivity index (χ4n) is 2.35. The molecule has 2 nitrogen and oxygen atoms in total. The number of rotatable bonds is 6. The molecule has 0 heterocycles. The number of nitrogens with one attached hydrogen (secondary N) is 1. The predicted molar refractivity (Wildman–Crippen MR) is 95.5 cm³/mol. The van der Waals surface area contributed by atoms with Gasteiger partial charge in [-0.05, 0) is 29.5 Å². The van der Waals surface area contributed by atoms with E-state index < -0.39 is 6.10 Å². The van der Waals surface area contributed by atoms with Crippen molar-refractivity contribution in [2.45, 2.75) is 45.4 Å². The van der Waals surface area contributed by atoms with Crippen molar-refractivity contribution in [2.75, 3.05) is 0 Å². The molecule has 0 saturated heterocycles. The molecule has 0 fully saturated rings. The van der Waals surface area contributed by atoms with Crippen molar-refractivity contribution in [3.8, 4) is 0 Å². The predicted octanol–water partition coefficient (Wildman–Crippen LogP) is 4.44. The Hall–Kier alpha value is -1.35. The molecule has 0 radical (unpaired) electrons. The lowest BCUT2D eigenvalue weighted by Crippen LogP contribution is -2.31. The highest BCUT2D eigenvalue weighted by molar-refractivity contribution is 5.85. The zero-order valence-corrected chi connectivity index (χ0v) is 14.3. The van der Waals surface area contributed by atoms with E-state index in [-0.39, 0.29) is 18.4 Å². The van der Waals surface area contributed by atoms with E-state index in [2.05, 4.69) is 43.4 Å². The molecule has 2 aromatic carbocycles. The van der Waals surface area contributed by atoms with Crippen molar-refractivity contribution in [1.29, 1.82) is 0 Å². The van der Waals surface area contributed by atoms with Crippen molar-refractivity contribution in [3.05, 3.63) is 71.3 Å². The Morgan fingerprint density at radius 2 is 1.45 bits per heavy atom. The molecular weight excluding hydrogens is 294 g/mol. The number of halogens is 1. The monoisotopic (exact) mass is 319 g/mol. The summed E-state index contributed by atoms with van der Waals surface area (Å²) in [6, 6.07) is 18.5. The van der Waals surface area contributed by atoms with Crippen LogP contribution in [0.25, 0.3) is 0 Å². The summed E-state index contributed by atoms with van der Waals surface area (Å²) in [6.45, 7) is 7.18. The molecular formula is C19H26ClNO. The van der Waals surface area contributed by atoms with Gasteiger partial charge in [-0.2, -0.15) is 0 Å². The Kier molecular flexibility index (Phi) is 7.60. The van der Waals surface area contributed by atoms with Crippen molar-refractivity contribution in [3.63, 3.8) is 0 Å². The molecule has 22 heavy (non-hydrogen) atoms. The zero-order chi connectivity index (χ0) is 15.2. The van der Waals surface area contributed by atoms with E-state index in [1.165, 1.54) is 11.1 Å². The summed E-state index contributed by atoms with van der Waals surface area (Å²) in [5.74, 6) is 0.561. The summed E-state index contributed by atoms with van der Waals surface area (Å²) in [7, 11) is 0. The van der Waals surface area contributed by atoms with Crippen LogP contribution in [0.5, 0.6) is 0 Å². The Morgan fingerprint density at radius 1 is 0.864 bits per heavy atom. The van der Waals surface area contributed by atoms with Gasteiger partial charge in [-0.25, -0.2) is 0 Å². The Balaban J connectivity index is 0.00000242. The van der Waals surface area contributed by atoms with Gasteiger partial charge in [-0.3, -0.25) is 0 Å². The first kappa shape index (κ1) is 18.7. The quantitative estimate of drug-likeness (QED) is 0.824. The molecule has 2 atom stereocenters. The van der Waals surface area contributed by atoms with Crippen LogP contribution in [0.3, 0.4) is 0 Å². The van der Waals surface area contributed by atoms with Crippen LogP contribution in [0.1, 0.15) is 49.5 Å². The van der Waals surface area contributed by atoms with Gasteiger partial charge in [-0.15, -0.1) is 12.4 Å². The lowest BCUT2D eigenvalue weighted by atomic mass is 10.0. The van der Waals surface area contributed by atoms with Gasteiger partial charge in [-0.1, -0.05) is 68.4 Å². The Labute approximate surface area is 140 Å². The van der Waals surface area contributed by atoms with Crippen LogP contribution in [-0.2, 0) is 6.54 Å². The minimum Gasteiger partial charge on any atom is -0.387 e. The average molecular weight is 320 g/mol. The summed E-state index contributed by atoms with van der Waals surface area (Å²) in [4.78, 5) is 0. The van der Waals surface area contributed by atoms with E-state index >= 15 is 0 Å². The number of aliphatic hydroxyl groups excluding tert-OH is 1. The van der Waals surface area contributed by atoms with Crippen LogP contribution in [-0.4, -0.2) is 11.1 Å². The maximum atomic E-state index is 10.3. The maximum absolute atomic E-state index is 10.3. The van der Waals surface area contributed by atoms with Gasteiger partial charge in [0.25, 0.3) is 0 Å². The van der Waals surface area contributed by atoms with Gasteiger partial charge >= 0.3 is 0 Å². The van der Waals surface area contributed by atoms with Crippen LogP contribution in [0.4, 0.5) is 0 Å². The fourth-order valence-corrected chi connectivity index (χ4v) is 2.35. The molecule has 0 bridgehead atoms. The molecule has 0 aliphatic rings. The van der Waals surface area contributed by atoms with Gasteiger partial charge < -0.3 is 10.4 Å². The lowest BCUT2D eigenvalue weighted by molar-refractivity contribution is 0.135. The Morgan fingerprint density at radius 3 is 2.00 bits per heavy atom. The molecule has 0 aromatic heterocycles. The standard InChI is InChI=1S/C19H25NO.ClH/c1-14(2)17-11-9-16(10-12-17)13-20-15(3)19(21)18-7-5-4-6-8-18;/h4-12,14-15,19-21H,13H2,1-3H3;1H. The van der Waals surface area contributed by atoms with Crippen LogP contribution >= 0.6 is 12.4 Å². The Bertz CT molecular complexity index is 539. The second-order valence-electron chi connectivity index (χ2n) is 5.92. The number of hydrogen-bond donors (Lipinski definition) is 2. The van der Waals surface area contributed by atoms with Crippen LogP contribution in [0.2, 0.25) is 0 Å². The number of aliphatic hydroxyl groups is 1. The molecule has 2 aromatic rings. The van der Waals surface area contributed by atoms with Gasteiger partial charge in [0, 0.05) is 12.6 Å². The number of hydrogen-bond acceptors (Lipinski definition) is 2. The highest BCUT2D eigenvalue weighted by Crippen LogP contribution is 2.17. The van der Waals surface area contributed by atoms with Gasteiger partial charge in [0.2, 0.25) is 0 Å². The second kappa shape index (κ2) is 8.94. The van der Waals surface area contributed by atoms with Gasteiger partial charge in [0.15, 0.2) is 0 Å². The van der Waals surface area contributed by atoms with E-state index in [0.29, 0.717) is 5.92 Å². The number of benzene rings is 2. The van der Waals surface area contributed by atoms with Gasteiger partial charge in [0.1, 0.15) is 0 Å². The summed E-state index contributed by atoms with van der Waals surface area (Å²) >= 11 is 0. The maximum Gasteiger partial charge on any atom is 0.0940 e. The van der Waals surface area contributed by atoms with E-state index in [4.69, 9.17) is 0 Å². The molecule has 0 saturated carbocycles. The van der Waals surface area contributed by atoms with Gasteiger partial charge in [0.05, 0.1) is 6.10 Å². The fraction of sp³-hybridized carbons (Fsp3) is 0.368. The van der Waals surface area contributed by atoms with Crippen molar-refractivity contribution in [1.82, 2.24) is 5.32 Å². The minimum absolute atomic E-state index is 0. The van der Waals surface area contributed by atoms with Crippen LogP contribution in [0, 0.1) is 0 Å². The van der Waals surface area contributed by atoms with Crippen LogP contribution < -0.4 is 5.32 Å². The highest BCUT2D eigenvalue weighted by atomic mass is 35.5. The van der Waals surface area contributed by atoms with E-state index in [9.17, 15) is 5.11 Å². The average Bonchev–Trinajstić information content (AvgIpc) is 2.53. The van der Waals surface area contributed by atoms with E-state index in [0.717, 1.165) is 12.1 Å². The van der Waals surface area contributed by atoms with Crippen molar-refractivity contribution >= 4 is 12.4 Å². The van der Waals surface area contributed by atoms with Crippen LogP contribution in [0.15, 0.2) is 54.6 Å². The molecule has 2 unspecified atom stereocenters. The van der Waals surface area contributed by atoms with E-state index in [1.807, 2.05) is 37.3 Å². The molecule has 3 heteroatoms. The first-order valence-corrected chi connectivity index (χ1v) is 7.63. The molecule has 0 aliphatic carbocycles. The third-order valence-electron chi connectivity index (χ3n) is 3.89. The molecule has 2 rings (SSSR count). The van der Waals surface area contributed by atoms with Crippen molar-refractivity contribution in [2.24, 2.45) is 0 Å². The largest absolute Gasteiger partial charge is 0.387 e. The molecule has 0 aliphatic heterocycles. The molecule has 0 amide bonds. The summed E-state index contributed by atoms with van der Waals surface area (Å²) in [6.07, 6.45) is -0.485. The smallest absolute Gasteiger partial charge is 0.0940 e. The topological polar surface area (TPSA) is 32.3 Å². The first-order chi connectivity index (χ1) is 10.1. The molecule has 0 spiro atoms. The SMILES string of the molecule is CC(C)c1ccc(CNC(C)C(O)c2ccccc2)cc1.Cl. The summed E-state index contributed by atoms with van der Waals surface area (Å²) in [5, 5.41) is 13.7. The summed E-state index contributed by atoms with van der Waals surface area (Å²) < 4.78 is 0. The second-order valence-corrected chi connectivity index (χ2v) is 5.92. The van der Waals surface area contributed by atoms with E-state index in [1.54, 1.807) is 0 Å². The van der Waals surface area contributed by atoms with Crippen molar-refractivity contribution < 1.29 is 5.11 Å². The lowest BCUT2D eigenvalue weighted by Gasteiger charge is -2.21. The minimum atomic E-state index is -0.485. The summed E-state index contributed by atoms with van der Waals surface area (Å²) in [5.41, 5.74) is 3.55. The normalized spacial score (nSPS) is 13.5. The third-order valence-corrected chi connectivity index (χ3v) is 3.89.